The van der Waals surface area contributed by atoms with Gasteiger partial charge in [0.25, 0.3) is 0 Å². The summed E-state index contributed by atoms with van der Waals surface area (Å²) in [5.41, 5.74) is 0.661. The molecule has 8 nitrogen and oxygen atoms in total. The molecule has 0 atom stereocenters. The van der Waals surface area contributed by atoms with Crippen LogP contribution in [0.4, 0.5) is 11.9 Å². The molecule has 1 aliphatic heterocycles. The highest BCUT2D eigenvalue weighted by Crippen LogP contribution is 2.18. The fourth-order valence-corrected chi connectivity index (χ4v) is 3.97. The normalized spacial score (nSPS) is 14.6. The van der Waals surface area contributed by atoms with Crippen LogP contribution in [0.3, 0.4) is 0 Å². The van der Waals surface area contributed by atoms with Gasteiger partial charge >= 0.3 is 0 Å². The SMILES string of the molecule is CN(C)c1nc(CNS(=O)(=O)Cc2ccc(Cl)cc2)nc(N2CCCC2)n1. The number of benzene rings is 1. The number of nitrogens with one attached hydrogen (secondary N) is 1. The molecular formula is C17H23ClN6O2S. The van der Waals surface area contributed by atoms with Crippen LogP contribution in [0.1, 0.15) is 24.2 Å². The number of sulfonamides is 1. The number of anilines is 2. The first-order valence-corrected chi connectivity index (χ1v) is 10.7. The molecular weight excluding hydrogens is 388 g/mol. The van der Waals surface area contributed by atoms with Crippen molar-refractivity contribution in [1.82, 2.24) is 19.7 Å². The average molecular weight is 411 g/mol. The summed E-state index contributed by atoms with van der Waals surface area (Å²) >= 11 is 5.84. The first-order valence-electron chi connectivity index (χ1n) is 8.71. The Bertz CT molecular complexity index is 883. The van der Waals surface area contributed by atoms with E-state index in [9.17, 15) is 8.42 Å². The van der Waals surface area contributed by atoms with E-state index in [1.54, 1.807) is 29.2 Å². The summed E-state index contributed by atoms with van der Waals surface area (Å²) in [6.07, 6.45) is 2.21. The monoisotopic (exact) mass is 410 g/mol. The van der Waals surface area contributed by atoms with Gasteiger partial charge in [-0.05, 0) is 30.5 Å². The summed E-state index contributed by atoms with van der Waals surface area (Å²) in [6, 6.07) is 6.73. The van der Waals surface area contributed by atoms with Gasteiger partial charge in [-0.25, -0.2) is 13.1 Å². The van der Waals surface area contributed by atoms with E-state index in [1.165, 1.54) is 0 Å². The van der Waals surface area contributed by atoms with Gasteiger partial charge < -0.3 is 9.80 Å². The van der Waals surface area contributed by atoms with E-state index in [0.717, 1.165) is 25.9 Å². The van der Waals surface area contributed by atoms with Crippen LogP contribution >= 0.6 is 11.6 Å². The zero-order valence-electron chi connectivity index (χ0n) is 15.4. The van der Waals surface area contributed by atoms with E-state index in [-0.39, 0.29) is 12.3 Å². The second kappa shape index (κ2) is 8.37. The molecule has 3 rings (SSSR count). The molecule has 1 aliphatic rings. The van der Waals surface area contributed by atoms with E-state index < -0.39 is 10.0 Å². The second-order valence-electron chi connectivity index (χ2n) is 6.65. The Morgan fingerprint density at radius 3 is 2.41 bits per heavy atom. The van der Waals surface area contributed by atoms with Gasteiger partial charge in [0.2, 0.25) is 21.9 Å². The first-order chi connectivity index (χ1) is 12.8. The number of aromatic nitrogens is 3. The van der Waals surface area contributed by atoms with Crippen molar-refractivity contribution in [2.24, 2.45) is 0 Å². The summed E-state index contributed by atoms with van der Waals surface area (Å²) in [7, 11) is 0.158. The summed E-state index contributed by atoms with van der Waals surface area (Å²) in [5, 5.41) is 0.569. The van der Waals surface area contributed by atoms with Crippen LogP contribution in [0.5, 0.6) is 0 Å². The fourth-order valence-electron chi connectivity index (χ4n) is 2.76. The lowest BCUT2D eigenvalue weighted by molar-refractivity contribution is 0.578. The minimum absolute atomic E-state index is 0.0140. The number of nitrogens with zero attached hydrogens (tertiary/aromatic N) is 5. The van der Waals surface area contributed by atoms with Gasteiger partial charge in [0, 0.05) is 32.2 Å². The van der Waals surface area contributed by atoms with Gasteiger partial charge in [0.15, 0.2) is 5.82 Å². The molecule has 0 saturated carbocycles. The minimum atomic E-state index is -3.53. The van der Waals surface area contributed by atoms with Crippen LogP contribution in [0.15, 0.2) is 24.3 Å². The third-order valence-corrected chi connectivity index (χ3v) is 5.72. The third kappa shape index (κ3) is 5.50. The van der Waals surface area contributed by atoms with Crippen LogP contribution in [-0.4, -0.2) is 50.6 Å². The molecule has 10 heteroatoms. The highest BCUT2D eigenvalue weighted by Gasteiger charge is 2.19. The Labute approximate surface area is 164 Å². The fraction of sp³-hybridized carbons (Fsp3) is 0.471. The average Bonchev–Trinajstić information content (AvgIpc) is 3.16. The highest BCUT2D eigenvalue weighted by atomic mass is 35.5. The molecule has 1 fully saturated rings. The predicted molar refractivity (Wildman–Crippen MR) is 107 cm³/mol. The van der Waals surface area contributed by atoms with Crippen molar-refractivity contribution in [2.45, 2.75) is 25.1 Å². The smallest absolute Gasteiger partial charge is 0.230 e. The minimum Gasteiger partial charge on any atom is -0.347 e. The van der Waals surface area contributed by atoms with Crippen molar-refractivity contribution in [2.75, 3.05) is 37.0 Å². The third-order valence-electron chi connectivity index (χ3n) is 4.17. The van der Waals surface area contributed by atoms with E-state index in [1.807, 2.05) is 14.1 Å². The molecule has 0 radical (unpaired) electrons. The van der Waals surface area contributed by atoms with Crippen molar-refractivity contribution < 1.29 is 8.42 Å². The molecule has 27 heavy (non-hydrogen) atoms. The van der Waals surface area contributed by atoms with Crippen molar-refractivity contribution in [3.05, 3.63) is 40.7 Å². The number of hydrogen-bond acceptors (Lipinski definition) is 7. The topological polar surface area (TPSA) is 91.3 Å². The highest BCUT2D eigenvalue weighted by molar-refractivity contribution is 7.88. The Morgan fingerprint density at radius 1 is 1.11 bits per heavy atom. The van der Waals surface area contributed by atoms with Crippen molar-refractivity contribution in [3.8, 4) is 0 Å². The lowest BCUT2D eigenvalue weighted by atomic mass is 10.2. The molecule has 0 unspecified atom stereocenters. The summed E-state index contributed by atoms with van der Waals surface area (Å²) in [4.78, 5) is 17.2. The summed E-state index contributed by atoms with van der Waals surface area (Å²) in [5.74, 6) is 1.38. The molecule has 0 amide bonds. The zero-order chi connectivity index (χ0) is 19.4. The molecule has 1 saturated heterocycles. The Hall–Kier alpha value is -1.97. The number of rotatable bonds is 7. The molecule has 1 aromatic carbocycles. The Kier molecular flexibility index (Phi) is 6.13. The molecule has 0 bridgehead atoms. The van der Waals surface area contributed by atoms with Gasteiger partial charge in [-0.2, -0.15) is 15.0 Å². The van der Waals surface area contributed by atoms with Crippen LogP contribution in [-0.2, 0) is 22.3 Å². The van der Waals surface area contributed by atoms with Gasteiger partial charge in [0.05, 0.1) is 12.3 Å². The first kappa shape index (κ1) is 19.8. The van der Waals surface area contributed by atoms with Gasteiger partial charge in [0.1, 0.15) is 0 Å². The maximum atomic E-state index is 12.4. The maximum Gasteiger partial charge on any atom is 0.230 e. The van der Waals surface area contributed by atoms with E-state index in [4.69, 9.17) is 11.6 Å². The number of halogens is 1. The zero-order valence-corrected chi connectivity index (χ0v) is 17.0. The molecule has 146 valence electrons. The molecule has 1 N–H and O–H groups in total. The van der Waals surface area contributed by atoms with Gasteiger partial charge in [-0.15, -0.1) is 0 Å². The molecule has 2 aromatic rings. The van der Waals surface area contributed by atoms with Crippen LogP contribution in [0, 0.1) is 0 Å². The Balaban J connectivity index is 1.72. The second-order valence-corrected chi connectivity index (χ2v) is 8.89. The molecule has 0 spiro atoms. The quantitative estimate of drug-likeness (QED) is 0.744. The molecule has 1 aromatic heterocycles. The van der Waals surface area contributed by atoms with Crippen molar-refractivity contribution in [1.29, 1.82) is 0 Å². The standard InChI is InChI=1S/C17H23ClN6O2S/c1-23(2)16-20-15(21-17(22-16)24-9-3-4-10-24)11-19-27(25,26)12-13-5-7-14(18)8-6-13/h5-8,19H,3-4,9-12H2,1-2H3. The van der Waals surface area contributed by atoms with Gasteiger partial charge in [-0.1, -0.05) is 23.7 Å². The van der Waals surface area contributed by atoms with Gasteiger partial charge in [-0.3, -0.25) is 0 Å². The van der Waals surface area contributed by atoms with E-state index in [0.29, 0.717) is 28.3 Å². The Morgan fingerprint density at radius 2 is 1.78 bits per heavy atom. The lowest BCUT2D eigenvalue weighted by Gasteiger charge is -2.19. The largest absolute Gasteiger partial charge is 0.347 e. The van der Waals surface area contributed by atoms with Crippen LogP contribution < -0.4 is 14.5 Å². The molecule has 0 aliphatic carbocycles. The molecule has 2 heterocycles. The maximum absolute atomic E-state index is 12.4. The predicted octanol–water partition coefficient (Wildman–Crippen LogP) is 1.81. The van der Waals surface area contributed by atoms with Crippen LogP contribution in [0.2, 0.25) is 5.02 Å². The summed E-state index contributed by atoms with van der Waals surface area (Å²) in [6.45, 7) is 1.82. The lowest BCUT2D eigenvalue weighted by Crippen LogP contribution is -2.28. The van der Waals surface area contributed by atoms with E-state index >= 15 is 0 Å². The van der Waals surface area contributed by atoms with Crippen molar-refractivity contribution >= 4 is 33.5 Å². The van der Waals surface area contributed by atoms with Crippen molar-refractivity contribution in [3.63, 3.8) is 0 Å². The van der Waals surface area contributed by atoms with Crippen LogP contribution in [0.25, 0.3) is 0 Å². The summed E-state index contributed by atoms with van der Waals surface area (Å²) < 4.78 is 27.3. The van der Waals surface area contributed by atoms with E-state index in [2.05, 4.69) is 24.6 Å². The number of hydrogen-bond donors (Lipinski definition) is 1.